The number of ether oxygens (including phenoxy) is 1. The number of nitrogens with one attached hydrogen (secondary N) is 1. The van der Waals surface area contributed by atoms with Gasteiger partial charge in [0, 0.05) is 26.7 Å². The zero-order valence-electron chi connectivity index (χ0n) is 14.6. The van der Waals surface area contributed by atoms with E-state index in [1.807, 2.05) is 30.3 Å². The lowest BCUT2D eigenvalue weighted by molar-refractivity contribution is -0.384. The normalized spacial score (nSPS) is 11.3. The van der Waals surface area contributed by atoms with E-state index in [1.54, 1.807) is 0 Å². The van der Waals surface area contributed by atoms with Gasteiger partial charge in [-0.05, 0) is 30.7 Å². The lowest BCUT2D eigenvalue weighted by atomic mass is 10.3. The van der Waals surface area contributed by atoms with Crippen molar-refractivity contribution in [3.63, 3.8) is 0 Å². The van der Waals surface area contributed by atoms with E-state index in [0.717, 1.165) is 11.8 Å². The molecule has 26 heavy (non-hydrogen) atoms. The van der Waals surface area contributed by atoms with Gasteiger partial charge in [-0.3, -0.25) is 10.1 Å². The summed E-state index contributed by atoms with van der Waals surface area (Å²) in [6, 6.07) is 13.0. The minimum Gasteiger partial charge on any atom is -0.494 e. The molecule has 0 aromatic heterocycles. The molecule has 2 aromatic rings. The summed E-state index contributed by atoms with van der Waals surface area (Å²) in [5.74, 6) is 0.719. The minimum absolute atomic E-state index is 0.116. The van der Waals surface area contributed by atoms with E-state index in [9.17, 15) is 18.5 Å². The van der Waals surface area contributed by atoms with Crippen LogP contribution in [0.3, 0.4) is 0 Å². The van der Waals surface area contributed by atoms with Crippen molar-refractivity contribution in [2.24, 2.45) is 0 Å². The van der Waals surface area contributed by atoms with E-state index >= 15 is 0 Å². The summed E-state index contributed by atoms with van der Waals surface area (Å²) in [7, 11) is -0.842. The second kappa shape index (κ2) is 8.63. The van der Waals surface area contributed by atoms with E-state index in [2.05, 4.69) is 5.32 Å². The van der Waals surface area contributed by atoms with Crippen LogP contribution >= 0.6 is 0 Å². The maximum atomic E-state index is 12.6. The number of hydrogen-bond donors (Lipinski definition) is 1. The van der Waals surface area contributed by atoms with Gasteiger partial charge in [0.1, 0.15) is 11.4 Å². The van der Waals surface area contributed by atoms with Crippen molar-refractivity contribution in [3.05, 3.63) is 58.6 Å². The third-order valence-electron chi connectivity index (χ3n) is 3.77. The first-order valence-electron chi connectivity index (χ1n) is 7.96. The topological polar surface area (TPSA) is 102 Å². The van der Waals surface area contributed by atoms with Gasteiger partial charge in [0.2, 0.25) is 10.0 Å². The van der Waals surface area contributed by atoms with Crippen molar-refractivity contribution in [2.45, 2.75) is 11.3 Å². The smallest absolute Gasteiger partial charge is 0.293 e. The average molecular weight is 379 g/mol. The number of anilines is 1. The Morgan fingerprint density at radius 2 is 1.88 bits per heavy atom. The maximum absolute atomic E-state index is 12.6. The van der Waals surface area contributed by atoms with Crippen molar-refractivity contribution in [1.29, 1.82) is 0 Å². The number of hydrogen-bond acceptors (Lipinski definition) is 6. The van der Waals surface area contributed by atoms with Crippen molar-refractivity contribution >= 4 is 21.4 Å². The second-order valence-electron chi connectivity index (χ2n) is 5.53. The molecular formula is C17H21N3O5S. The van der Waals surface area contributed by atoms with Crippen molar-refractivity contribution in [1.82, 2.24) is 4.31 Å². The summed E-state index contributed by atoms with van der Waals surface area (Å²) in [4.78, 5) is 10.4. The molecule has 0 fully saturated rings. The van der Waals surface area contributed by atoms with Crippen LogP contribution in [0, 0.1) is 10.1 Å². The SMILES string of the molecule is CNc1ccc(S(=O)(=O)N(C)CCCOc2ccccc2)cc1[N+](=O)[O-]. The molecule has 0 unspecified atom stereocenters. The lowest BCUT2D eigenvalue weighted by Crippen LogP contribution is -2.29. The first-order valence-corrected chi connectivity index (χ1v) is 9.40. The summed E-state index contributed by atoms with van der Waals surface area (Å²) in [6.45, 7) is 0.597. The van der Waals surface area contributed by atoms with Gasteiger partial charge in [0.15, 0.2) is 0 Å². The zero-order valence-corrected chi connectivity index (χ0v) is 15.4. The monoisotopic (exact) mass is 379 g/mol. The standard InChI is InChI=1S/C17H21N3O5S/c1-18-16-10-9-15(13-17(16)20(21)22)26(23,24)19(2)11-6-12-25-14-7-4-3-5-8-14/h3-5,7-10,13,18H,6,11-12H2,1-2H3. The quantitative estimate of drug-likeness (QED) is 0.408. The van der Waals surface area contributed by atoms with Gasteiger partial charge in [-0.2, -0.15) is 0 Å². The minimum atomic E-state index is -3.82. The van der Waals surface area contributed by atoms with Crippen LogP contribution in [0.5, 0.6) is 5.75 Å². The Labute approximate surface area is 152 Å². The van der Waals surface area contributed by atoms with Gasteiger partial charge in [-0.25, -0.2) is 12.7 Å². The first kappa shape index (κ1) is 19.7. The number of nitrogens with zero attached hydrogens (tertiary/aromatic N) is 2. The van der Waals surface area contributed by atoms with Crippen LogP contribution in [0.1, 0.15) is 6.42 Å². The molecule has 0 spiro atoms. The molecule has 140 valence electrons. The summed E-state index contributed by atoms with van der Waals surface area (Å²) < 4.78 is 31.9. The van der Waals surface area contributed by atoms with E-state index in [0.29, 0.717) is 13.0 Å². The van der Waals surface area contributed by atoms with E-state index < -0.39 is 14.9 Å². The van der Waals surface area contributed by atoms with Gasteiger partial charge in [0.05, 0.1) is 16.4 Å². The largest absolute Gasteiger partial charge is 0.494 e. The predicted octanol–water partition coefficient (Wildman–Crippen LogP) is 2.73. The molecule has 0 bridgehead atoms. The molecule has 1 N–H and O–H groups in total. The molecule has 0 heterocycles. The molecule has 8 nitrogen and oxygen atoms in total. The molecule has 0 aliphatic heterocycles. The maximum Gasteiger partial charge on any atom is 0.293 e. The number of rotatable bonds is 9. The number of sulfonamides is 1. The first-order chi connectivity index (χ1) is 12.4. The molecular weight excluding hydrogens is 358 g/mol. The summed E-state index contributed by atoms with van der Waals surface area (Å²) in [5.41, 5.74) is -0.0257. The fourth-order valence-electron chi connectivity index (χ4n) is 2.33. The van der Waals surface area contributed by atoms with E-state index in [-0.39, 0.29) is 22.8 Å². The molecule has 0 atom stereocenters. The van der Waals surface area contributed by atoms with Crippen molar-refractivity contribution in [2.75, 3.05) is 32.6 Å². The Kier molecular flexibility index (Phi) is 6.53. The molecule has 2 aromatic carbocycles. The van der Waals surface area contributed by atoms with Crippen molar-refractivity contribution < 1.29 is 18.1 Å². The van der Waals surface area contributed by atoms with Gasteiger partial charge < -0.3 is 10.1 Å². The Balaban J connectivity index is 2.02. The van der Waals surface area contributed by atoms with Crippen LogP contribution in [0.25, 0.3) is 0 Å². The van der Waals surface area contributed by atoms with Crippen LogP contribution in [-0.2, 0) is 10.0 Å². The van der Waals surface area contributed by atoms with E-state index in [1.165, 1.54) is 30.5 Å². The third kappa shape index (κ3) is 4.70. The van der Waals surface area contributed by atoms with Crippen LogP contribution in [0.15, 0.2) is 53.4 Å². The zero-order chi connectivity index (χ0) is 19.2. The Hall–Kier alpha value is -2.65. The Bertz CT molecular complexity index is 856. The molecule has 2 rings (SSSR count). The highest BCUT2D eigenvalue weighted by Crippen LogP contribution is 2.28. The van der Waals surface area contributed by atoms with Crippen LogP contribution in [-0.4, -0.2) is 44.9 Å². The van der Waals surface area contributed by atoms with E-state index in [4.69, 9.17) is 4.74 Å². The number of para-hydroxylation sites is 1. The summed E-state index contributed by atoms with van der Waals surface area (Å²) in [6.07, 6.45) is 0.487. The van der Waals surface area contributed by atoms with Crippen molar-refractivity contribution in [3.8, 4) is 5.75 Å². The van der Waals surface area contributed by atoms with Crippen LogP contribution < -0.4 is 10.1 Å². The molecule has 0 aliphatic carbocycles. The van der Waals surface area contributed by atoms with Gasteiger partial charge in [0.25, 0.3) is 5.69 Å². The fraction of sp³-hybridized carbons (Fsp3) is 0.294. The lowest BCUT2D eigenvalue weighted by Gasteiger charge is -2.17. The highest BCUT2D eigenvalue weighted by Gasteiger charge is 2.24. The molecule has 0 aliphatic rings. The Morgan fingerprint density at radius 3 is 2.50 bits per heavy atom. The summed E-state index contributed by atoms with van der Waals surface area (Å²) >= 11 is 0. The van der Waals surface area contributed by atoms with Crippen LogP contribution in [0.4, 0.5) is 11.4 Å². The highest BCUT2D eigenvalue weighted by atomic mass is 32.2. The third-order valence-corrected chi connectivity index (χ3v) is 5.63. The number of nitro benzene ring substituents is 1. The molecule has 0 radical (unpaired) electrons. The average Bonchev–Trinajstić information content (AvgIpc) is 2.65. The van der Waals surface area contributed by atoms with Crippen LogP contribution in [0.2, 0.25) is 0 Å². The highest BCUT2D eigenvalue weighted by molar-refractivity contribution is 7.89. The number of benzene rings is 2. The molecule has 0 saturated carbocycles. The molecule has 0 saturated heterocycles. The van der Waals surface area contributed by atoms with Gasteiger partial charge >= 0.3 is 0 Å². The predicted molar refractivity (Wildman–Crippen MR) is 99.0 cm³/mol. The Morgan fingerprint density at radius 1 is 1.19 bits per heavy atom. The summed E-state index contributed by atoms with van der Waals surface area (Å²) in [5, 5.41) is 13.8. The second-order valence-corrected chi connectivity index (χ2v) is 7.57. The molecule has 0 amide bonds. The number of nitro groups is 1. The molecule has 9 heteroatoms. The van der Waals surface area contributed by atoms with Gasteiger partial charge in [-0.1, -0.05) is 18.2 Å². The van der Waals surface area contributed by atoms with Gasteiger partial charge in [-0.15, -0.1) is 0 Å². The fourth-order valence-corrected chi connectivity index (χ4v) is 3.56.